The van der Waals surface area contributed by atoms with E-state index >= 15 is 0 Å². The van der Waals surface area contributed by atoms with Gasteiger partial charge in [0.2, 0.25) is 5.78 Å². The second-order valence-corrected chi connectivity index (χ2v) is 10.0. The molecule has 4 aliphatic rings. The number of nitrogens with two attached hydrogens (primary N) is 1. The number of aliphatic hydroxyl groups is 3. The second kappa shape index (κ2) is 8.32. The van der Waals surface area contributed by atoms with Gasteiger partial charge in [-0.3, -0.25) is 19.3 Å². The third-order valence-electron chi connectivity index (χ3n) is 7.93. The lowest BCUT2D eigenvalue weighted by atomic mass is 9.58. The van der Waals surface area contributed by atoms with E-state index in [-0.39, 0.29) is 29.7 Å². The maximum Gasteiger partial charge on any atom is 0.255 e. The van der Waals surface area contributed by atoms with Gasteiger partial charge >= 0.3 is 0 Å². The van der Waals surface area contributed by atoms with Crippen LogP contribution in [0.15, 0.2) is 34.8 Å². The number of anilines is 1. The number of allylic oxidation sites excluding steroid dienone is 1. The number of ketones is 2. The van der Waals surface area contributed by atoms with Gasteiger partial charge in [-0.25, -0.2) is 0 Å². The van der Waals surface area contributed by atoms with E-state index < -0.39 is 58.0 Å². The number of ether oxygens (including phenoxy) is 1. The Kier molecular flexibility index (Phi) is 5.62. The number of primary amides is 1. The minimum absolute atomic E-state index is 0.0137. The molecule has 192 valence electrons. The van der Waals surface area contributed by atoms with Gasteiger partial charge in [-0.15, -0.1) is 0 Å². The summed E-state index contributed by atoms with van der Waals surface area (Å²) >= 11 is 0. The number of fused-ring (bicyclic) bond motifs is 3. The molecule has 1 aromatic carbocycles. The zero-order valence-electron chi connectivity index (χ0n) is 20.0. The Morgan fingerprint density at radius 2 is 1.83 bits per heavy atom. The van der Waals surface area contributed by atoms with Crippen LogP contribution < -0.4 is 10.6 Å². The van der Waals surface area contributed by atoms with Crippen LogP contribution in [0.5, 0.6) is 5.75 Å². The molecule has 6 N–H and O–H groups in total. The molecule has 5 rings (SSSR count). The molecule has 0 saturated carbocycles. The summed E-state index contributed by atoms with van der Waals surface area (Å²) in [6.45, 7) is 2.26. The predicted molar refractivity (Wildman–Crippen MR) is 127 cm³/mol. The van der Waals surface area contributed by atoms with Crippen molar-refractivity contribution >= 4 is 23.2 Å². The van der Waals surface area contributed by atoms with Gasteiger partial charge in [-0.05, 0) is 50.6 Å². The Morgan fingerprint density at radius 1 is 1.17 bits per heavy atom. The Hall–Kier alpha value is -3.41. The van der Waals surface area contributed by atoms with Crippen molar-refractivity contribution in [3.05, 3.63) is 45.9 Å². The number of amides is 1. The van der Waals surface area contributed by atoms with Gasteiger partial charge in [-0.2, -0.15) is 0 Å². The van der Waals surface area contributed by atoms with Crippen LogP contribution in [0.3, 0.4) is 0 Å². The highest BCUT2D eigenvalue weighted by atomic mass is 16.5. The standard InChI is InChI=1S/C25H29N3O8/c1-27(2)19-13-10-11-9-12-14(28-5-7-36-8-6-28)3-4-15(29)17(12)20(30)16(11)22(32)25(13,35)23(33)18(21(19)31)24(26)34/h3-4,11,13,19,29,31-32,35H,5-10H2,1-2H3,(H2,26,34)/t11-,13-,19+,25-/m0/s1. The van der Waals surface area contributed by atoms with Crippen molar-refractivity contribution in [2.45, 2.75) is 24.5 Å². The number of Topliss-reactive ketones (excluding diaryl/α,β-unsaturated/α-hetero) is 2. The number of hydrogen-bond donors (Lipinski definition) is 5. The molecule has 3 aliphatic carbocycles. The number of morpholine rings is 1. The summed E-state index contributed by atoms with van der Waals surface area (Å²) in [5.41, 5.74) is 3.14. The SMILES string of the molecule is CN(C)[C@H]1C(O)=C(C(N)=O)C(=O)[C@@]2(O)C(O)=C3C(=O)c4c(O)ccc(N5CCOCC5)c4C[C@H]3C[C@@H]12. The average molecular weight is 500 g/mol. The first-order chi connectivity index (χ1) is 17.0. The molecule has 1 saturated heterocycles. The van der Waals surface area contributed by atoms with Crippen LogP contribution >= 0.6 is 0 Å². The summed E-state index contributed by atoms with van der Waals surface area (Å²) in [6, 6.07) is 2.15. The number of carbonyl (C=O) groups is 3. The van der Waals surface area contributed by atoms with Crippen molar-refractivity contribution in [1.29, 1.82) is 0 Å². The van der Waals surface area contributed by atoms with Gasteiger partial charge in [0.15, 0.2) is 11.4 Å². The van der Waals surface area contributed by atoms with Crippen molar-refractivity contribution < 1.29 is 39.5 Å². The topological polar surface area (TPSA) is 174 Å². The Balaban J connectivity index is 1.69. The largest absolute Gasteiger partial charge is 0.510 e. The molecule has 1 aliphatic heterocycles. The third kappa shape index (κ3) is 3.19. The van der Waals surface area contributed by atoms with Crippen molar-refractivity contribution in [3.8, 4) is 5.75 Å². The Bertz CT molecular complexity index is 1250. The highest BCUT2D eigenvalue weighted by molar-refractivity contribution is 6.24. The lowest BCUT2D eigenvalue weighted by Crippen LogP contribution is -2.63. The minimum Gasteiger partial charge on any atom is -0.510 e. The summed E-state index contributed by atoms with van der Waals surface area (Å²) in [5.74, 6) is -6.54. The van der Waals surface area contributed by atoms with Gasteiger partial charge in [0.25, 0.3) is 5.91 Å². The number of nitrogens with zero attached hydrogens (tertiary/aromatic N) is 2. The monoisotopic (exact) mass is 499 g/mol. The average Bonchev–Trinajstić information content (AvgIpc) is 2.81. The van der Waals surface area contributed by atoms with E-state index in [1.54, 1.807) is 20.2 Å². The first kappa shape index (κ1) is 24.3. The van der Waals surface area contributed by atoms with E-state index in [2.05, 4.69) is 4.90 Å². The summed E-state index contributed by atoms with van der Waals surface area (Å²) in [4.78, 5) is 42.7. The molecule has 1 heterocycles. The number of hydrogen-bond acceptors (Lipinski definition) is 10. The molecule has 1 aromatic rings. The maximum atomic E-state index is 13.7. The quantitative estimate of drug-likeness (QED) is 0.355. The van der Waals surface area contributed by atoms with Crippen molar-refractivity contribution in [2.75, 3.05) is 45.3 Å². The van der Waals surface area contributed by atoms with Crippen LogP contribution in [-0.4, -0.2) is 94.8 Å². The van der Waals surface area contributed by atoms with Gasteiger partial charge in [0.05, 0.1) is 24.8 Å². The van der Waals surface area contributed by atoms with Crippen molar-refractivity contribution in [3.63, 3.8) is 0 Å². The third-order valence-corrected chi connectivity index (χ3v) is 7.93. The summed E-state index contributed by atoms with van der Waals surface area (Å²) in [6.07, 6.45) is 0.319. The molecule has 11 heteroatoms. The number of benzene rings is 1. The zero-order valence-corrected chi connectivity index (χ0v) is 20.0. The first-order valence-corrected chi connectivity index (χ1v) is 11.8. The smallest absolute Gasteiger partial charge is 0.255 e. The Morgan fingerprint density at radius 3 is 2.44 bits per heavy atom. The minimum atomic E-state index is -2.64. The molecule has 36 heavy (non-hydrogen) atoms. The van der Waals surface area contributed by atoms with E-state index in [0.717, 1.165) is 5.69 Å². The van der Waals surface area contributed by atoms with Gasteiger partial charge in [0.1, 0.15) is 22.8 Å². The van der Waals surface area contributed by atoms with E-state index in [4.69, 9.17) is 10.5 Å². The number of phenols is 1. The molecule has 0 bridgehead atoms. The van der Waals surface area contributed by atoms with E-state index in [0.29, 0.717) is 31.9 Å². The van der Waals surface area contributed by atoms with Crippen LogP contribution in [0.25, 0.3) is 0 Å². The lowest BCUT2D eigenvalue weighted by molar-refractivity contribution is -0.148. The normalized spacial score (nSPS) is 30.3. The zero-order chi connectivity index (χ0) is 26.1. The maximum absolute atomic E-state index is 13.7. The second-order valence-electron chi connectivity index (χ2n) is 10.0. The van der Waals surface area contributed by atoms with Crippen LogP contribution in [0.2, 0.25) is 0 Å². The molecular formula is C25H29N3O8. The lowest BCUT2D eigenvalue weighted by Gasteiger charge is -2.50. The van der Waals surface area contributed by atoms with E-state index in [1.807, 2.05) is 0 Å². The molecule has 4 atom stereocenters. The summed E-state index contributed by atoms with van der Waals surface area (Å²) < 4.78 is 5.44. The highest BCUT2D eigenvalue weighted by Crippen LogP contribution is 2.53. The number of aromatic hydroxyl groups is 1. The summed E-state index contributed by atoms with van der Waals surface area (Å²) in [7, 11) is 3.20. The van der Waals surface area contributed by atoms with E-state index in [1.165, 1.54) is 11.0 Å². The number of carbonyl (C=O) groups excluding carboxylic acids is 3. The number of rotatable bonds is 3. The molecule has 1 amide bonds. The fraction of sp³-hybridized carbons (Fsp3) is 0.480. The molecule has 0 unspecified atom stereocenters. The molecule has 0 spiro atoms. The molecule has 1 fully saturated rings. The van der Waals surface area contributed by atoms with Crippen LogP contribution in [0.4, 0.5) is 5.69 Å². The van der Waals surface area contributed by atoms with Crippen LogP contribution in [-0.2, 0) is 20.7 Å². The number of likely N-dealkylation sites (N-methyl/N-ethyl adjacent to an activating group) is 1. The van der Waals surface area contributed by atoms with Gasteiger partial charge < -0.3 is 35.8 Å². The summed E-state index contributed by atoms with van der Waals surface area (Å²) in [5, 5.41) is 44.4. The van der Waals surface area contributed by atoms with Crippen molar-refractivity contribution in [1.82, 2.24) is 4.90 Å². The first-order valence-electron chi connectivity index (χ1n) is 11.8. The Labute approximate surface area is 207 Å². The molecule has 0 aromatic heterocycles. The fourth-order valence-corrected chi connectivity index (χ4v) is 6.33. The fourth-order valence-electron chi connectivity index (χ4n) is 6.33. The van der Waals surface area contributed by atoms with Gasteiger partial charge in [0, 0.05) is 30.3 Å². The van der Waals surface area contributed by atoms with E-state index in [9.17, 15) is 34.8 Å². The number of aliphatic hydroxyl groups excluding tert-OH is 2. The van der Waals surface area contributed by atoms with Crippen LogP contribution in [0.1, 0.15) is 22.3 Å². The molecular weight excluding hydrogens is 470 g/mol. The molecule has 0 radical (unpaired) electrons. The molecule has 11 nitrogen and oxygen atoms in total. The van der Waals surface area contributed by atoms with Crippen molar-refractivity contribution in [2.24, 2.45) is 17.6 Å². The van der Waals surface area contributed by atoms with Crippen LogP contribution in [0, 0.1) is 11.8 Å². The number of phenolic OH excluding ortho intramolecular Hbond substituents is 1. The predicted octanol–water partition coefficient (Wildman–Crippen LogP) is -0.0428. The highest BCUT2D eigenvalue weighted by Gasteiger charge is 2.63. The van der Waals surface area contributed by atoms with Gasteiger partial charge in [-0.1, -0.05) is 0 Å².